The molecule has 2 N–H and O–H groups in total. The second-order valence-corrected chi connectivity index (χ2v) is 6.45. The number of amides is 3. The molecule has 0 saturated heterocycles. The maximum absolute atomic E-state index is 13.8. The number of carbonyl (C=O) groups is 2. The van der Waals surface area contributed by atoms with Gasteiger partial charge in [0.25, 0.3) is 5.91 Å². The van der Waals surface area contributed by atoms with Crippen LogP contribution >= 0.6 is 0 Å². The highest BCUT2D eigenvalue weighted by Gasteiger charge is 2.35. The van der Waals surface area contributed by atoms with Gasteiger partial charge in [0, 0.05) is 12.2 Å². The van der Waals surface area contributed by atoms with Gasteiger partial charge in [0.2, 0.25) is 0 Å². The molecule has 0 saturated carbocycles. The van der Waals surface area contributed by atoms with Crippen molar-refractivity contribution in [1.82, 2.24) is 10.2 Å². The Balaban J connectivity index is 2.05. The molecule has 2 aromatic carbocycles. The van der Waals surface area contributed by atoms with Gasteiger partial charge in [-0.25, -0.2) is 13.6 Å². The summed E-state index contributed by atoms with van der Waals surface area (Å²) in [6, 6.07) is 8.82. The first-order chi connectivity index (χ1) is 13.9. The Kier molecular flexibility index (Phi) is 5.81. The molecule has 0 unspecified atom stereocenters. The van der Waals surface area contributed by atoms with E-state index in [0.717, 1.165) is 12.1 Å². The smallest absolute Gasteiger partial charge is 0.322 e. The fourth-order valence-corrected chi connectivity index (χ4v) is 3.34. The molecule has 6 nitrogen and oxygen atoms in total. The van der Waals surface area contributed by atoms with Crippen LogP contribution in [0.1, 0.15) is 25.5 Å². The lowest BCUT2D eigenvalue weighted by atomic mass is 9.94. The number of benzene rings is 2. The van der Waals surface area contributed by atoms with Crippen molar-refractivity contribution in [2.75, 3.05) is 19.0 Å². The van der Waals surface area contributed by atoms with Crippen LogP contribution in [0.25, 0.3) is 0 Å². The minimum absolute atomic E-state index is 0.225. The van der Waals surface area contributed by atoms with E-state index in [1.165, 1.54) is 18.1 Å². The van der Waals surface area contributed by atoms with Crippen LogP contribution in [0.4, 0.5) is 19.3 Å². The number of methoxy groups -OCH3 is 1. The number of rotatable bonds is 5. The van der Waals surface area contributed by atoms with Crippen LogP contribution in [0.3, 0.4) is 0 Å². The van der Waals surface area contributed by atoms with Crippen molar-refractivity contribution in [2.24, 2.45) is 0 Å². The zero-order valence-corrected chi connectivity index (χ0v) is 16.3. The Hall–Kier alpha value is -3.42. The molecule has 0 spiro atoms. The lowest BCUT2D eigenvalue weighted by Gasteiger charge is -2.35. The monoisotopic (exact) mass is 401 g/mol. The zero-order chi connectivity index (χ0) is 21.1. The van der Waals surface area contributed by atoms with Gasteiger partial charge < -0.3 is 15.4 Å². The first-order valence-electron chi connectivity index (χ1n) is 9.05. The summed E-state index contributed by atoms with van der Waals surface area (Å²) in [5.74, 6) is -2.08. The third kappa shape index (κ3) is 3.91. The van der Waals surface area contributed by atoms with E-state index in [9.17, 15) is 18.4 Å². The lowest BCUT2D eigenvalue weighted by Crippen LogP contribution is -2.48. The van der Waals surface area contributed by atoms with E-state index in [2.05, 4.69) is 10.6 Å². The van der Waals surface area contributed by atoms with Crippen molar-refractivity contribution in [3.8, 4) is 5.75 Å². The van der Waals surface area contributed by atoms with Gasteiger partial charge in [-0.15, -0.1) is 0 Å². The van der Waals surface area contributed by atoms with Gasteiger partial charge in [0.1, 0.15) is 5.75 Å². The topological polar surface area (TPSA) is 70.7 Å². The Bertz CT molecular complexity index is 991. The Morgan fingerprint density at radius 1 is 1.21 bits per heavy atom. The quantitative estimate of drug-likeness (QED) is 0.796. The van der Waals surface area contributed by atoms with Gasteiger partial charge in [0.05, 0.1) is 24.4 Å². The van der Waals surface area contributed by atoms with Crippen LogP contribution in [0.2, 0.25) is 0 Å². The van der Waals surface area contributed by atoms with Crippen LogP contribution < -0.4 is 15.4 Å². The van der Waals surface area contributed by atoms with Crippen molar-refractivity contribution in [1.29, 1.82) is 0 Å². The average Bonchev–Trinajstić information content (AvgIpc) is 2.70. The molecule has 0 radical (unpaired) electrons. The molecule has 1 atom stereocenters. The normalized spacial score (nSPS) is 16.5. The maximum atomic E-state index is 13.8. The van der Waals surface area contributed by atoms with Gasteiger partial charge >= 0.3 is 6.03 Å². The minimum Gasteiger partial charge on any atom is -0.495 e. The summed E-state index contributed by atoms with van der Waals surface area (Å²) >= 11 is 0. The van der Waals surface area contributed by atoms with Gasteiger partial charge in [0.15, 0.2) is 11.6 Å². The van der Waals surface area contributed by atoms with Crippen LogP contribution in [0, 0.1) is 11.6 Å². The second-order valence-electron chi connectivity index (χ2n) is 6.45. The largest absolute Gasteiger partial charge is 0.495 e. The highest BCUT2D eigenvalue weighted by Crippen LogP contribution is 2.33. The number of carbonyl (C=O) groups excluding carboxylic acids is 2. The molecule has 2 aromatic rings. The van der Waals surface area contributed by atoms with E-state index in [0.29, 0.717) is 23.7 Å². The zero-order valence-electron chi connectivity index (χ0n) is 16.3. The summed E-state index contributed by atoms with van der Waals surface area (Å²) in [5, 5.41) is 5.48. The number of nitrogens with zero attached hydrogens (tertiary/aromatic N) is 1. The summed E-state index contributed by atoms with van der Waals surface area (Å²) in [4.78, 5) is 27.0. The Morgan fingerprint density at radius 3 is 2.59 bits per heavy atom. The minimum atomic E-state index is -1.06. The van der Waals surface area contributed by atoms with Crippen LogP contribution in [-0.2, 0) is 4.79 Å². The molecule has 1 aliphatic heterocycles. The van der Waals surface area contributed by atoms with E-state index in [-0.39, 0.29) is 11.1 Å². The molecule has 1 aliphatic rings. The molecular formula is C21H21F2N3O3. The number of anilines is 1. The van der Waals surface area contributed by atoms with E-state index >= 15 is 0 Å². The highest BCUT2D eigenvalue weighted by molar-refractivity contribution is 6.07. The van der Waals surface area contributed by atoms with Crippen molar-refractivity contribution in [3.05, 3.63) is 70.9 Å². The SMILES string of the molecule is CCN1C(=O)N[C@H](c2ccc(F)c(F)c2)C(C(=O)Nc2ccccc2OC)=C1C. The number of hydrogen-bond donors (Lipinski definition) is 2. The summed E-state index contributed by atoms with van der Waals surface area (Å²) in [7, 11) is 1.49. The molecule has 29 heavy (non-hydrogen) atoms. The van der Waals surface area contributed by atoms with Crippen LogP contribution in [0.15, 0.2) is 53.7 Å². The highest BCUT2D eigenvalue weighted by atomic mass is 19.2. The van der Waals surface area contributed by atoms with E-state index in [1.54, 1.807) is 38.1 Å². The third-order valence-corrected chi connectivity index (χ3v) is 4.79. The molecule has 1 heterocycles. The van der Waals surface area contributed by atoms with Gasteiger partial charge in [-0.05, 0) is 43.7 Å². The summed E-state index contributed by atoms with van der Waals surface area (Å²) in [6.45, 7) is 3.76. The van der Waals surface area contributed by atoms with Crippen molar-refractivity contribution >= 4 is 17.6 Å². The molecule has 3 amide bonds. The summed E-state index contributed by atoms with van der Waals surface area (Å²) < 4.78 is 32.5. The number of hydrogen-bond acceptors (Lipinski definition) is 3. The van der Waals surface area contributed by atoms with Gasteiger partial charge in [-0.1, -0.05) is 18.2 Å². The fourth-order valence-electron chi connectivity index (χ4n) is 3.34. The van der Waals surface area contributed by atoms with E-state index < -0.39 is 29.6 Å². The first-order valence-corrected chi connectivity index (χ1v) is 9.05. The number of nitrogens with one attached hydrogen (secondary N) is 2. The van der Waals surface area contributed by atoms with Crippen molar-refractivity contribution in [3.63, 3.8) is 0 Å². The summed E-state index contributed by atoms with van der Waals surface area (Å²) in [6.07, 6.45) is 0. The molecule has 152 valence electrons. The maximum Gasteiger partial charge on any atom is 0.322 e. The first kappa shape index (κ1) is 20.3. The molecule has 0 aromatic heterocycles. The lowest BCUT2D eigenvalue weighted by molar-refractivity contribution is -0.113. The predicted octanol–water partition coefficient (Wildman–Crippen LogP) is 3.97. The molecular weight excluding hydrogens is 380 g/mol. The Labute approximate surface area is 167 Å². The molecule has 0 fully saturated rings. The molecule has 8 heteroatoms. The summed E-state index contributed by atoms with van der Waals surface area (Å²) in [5.41, 5.74) is 1.36. The average molecular weight is 401 g/mol. The predicted molar refractivity (Wildman–Crippen MR) is 104 cm³/mol. The van der Waals surface area contributed by atoms with Crippen molar-refractivity contribution < 1.29 is 23.1 Å². The molecule has 0 bridgehead atoms. The Morgan fingerprint density at radius 2 is 1.93 bits per heavy atom. The standard InChI is InChI=1S/C21H21F2N3O3/c1-4-26-12(2)18(20(27)24-16-7-5-6-8-17(16)29-3)19(25-21(26)28)13-9-10-14(22)15(23)11-13/h5-11,19H,4H2,1-3H3,(H,24,27)(H,25,28)/t19-/m1/s1. The van der Waals surface area contributed by atoms with E-state index in [4.69, 9.17) is 4.74 Å². The number of para-hydroxylation sites is 2. The second kappa shape index (κ2) is 8.30. The molecule has 0 aliphatic carbocycles. The van der Waals surface area contributed by atoms with Crippen LogP contribution in [-0.4, -0.2) is 30.5 Å². The van der Waals surface area contributed by atoms with E-state index in [1.807, 2.05) is 0 Å². The van der Waals surface area contributed by atoms with Crippen LogP contribution in [0.5, 0.6) is 5.75 Å². The fraction of sp³-hybridized carbons (Fsp3) is 0.238. The van der Waals surface area contributed by atoms with Gasteiger partial charge in [-0.2, -0.15) is 0 Å². The molecule has 3 rings (SSSR count). The number of urea groups is 1. The number of allylic oxidation sites excluding steroid dienone is 1. The van der Waals surface area contributed by atoms with Gasteiger partial charge in [-0.3, -0.25) is 9.69 Å². The third-order valence-electron chi connectivity index (χ3n) is 4.79. The number of ether oxygens (including phenoxy) is 1. The number of halogens is 2. The van der Waals surface area contributed by atoms with Crippen molar-refractivity contribution in [2.45, 2.75) is 19.9 Å².